The number of carbonyl (C=O) groups excluding carboxylic acids is 2. The van der Waals surface area contributed by atoms with E-state index in [4.69, 9.17) is 10.5 Å². The van der Waals surface area contributed by atoms with Gasteiger partial charge in [-0.3, -0.25) is 9.52 Å². The molecule has 0 aromatic heterocycles. The molecule has 1 heterocycles. The van der Waals surface area contributed by atoms with Gasteiger partial charge in [0.1, 0.15) is 0 Å². The molecule has 0 unspecified atom stereocenters. The van der Waals surface area contributed by atoms with Crippen molar-refractivity contribution in [1.82, 2.24) is 0 Å². The molecule has 5 N–H and O–H groups in total. The SMILES string of the molecule is COC(=O)c1ccc2c(c1)NC(=O)/C2=C(\Nc1ccc(C(C)(C)N)c(NS(C)(=O)=O)c1)c1ccccc1. The molecule has 3 aromatic rings. The molecule has 0 saturated heterocycles. The second kappa shape index (κ2) is 9.72. The van der Waals surface area contributed by atoms with E-state index in [1.165, 1.54) is 7.11 Å². The monoisotopic (exact) mass is 520 g/mol. The zero-order chi connectivity index (χ0) is 27.0. The second-order valence-electron chi connectivity index (χ2n) is 9.30. The average molecular weight is 521 g/mol. The van der Waals surface area contributed by atoms with Gasteiger partial charge < -0.3 is 21.1 Å². The zero-order valence-corrected chi connectivity index (χ0v) is 21.7. The van der Waals surface area contributed by atoms with Crippen molar-refractivity contribution in [3.63, 3.8) is 0 Å². The quantitative estimate of drug-likeness (QED) is 0.273. The Morgan fingerprint density at radius 2 is 1.70 bits per heavy atom. The van der Waals surface area contributed by atoms with Gasteiger partial charge in [0.2, 0.25) is 10.0 Å². The number of benzene rings is 3. The van der Waals surface area contributed by atoms with Crippen molar-refractivity contribution in [2.75, 3.05) is 28.7 Å². The smallest absolute Gasteiger partial charge is 0.337 e. The van der Waals surface area contributed by atoms with Crippen LogP contribution >= 0.6 is 0 Å². The normalized spacial score (nSPS) is 14.5. The van der Waals surface area contributed by atoms with Gasteiger partial charge in [-0.05, 0) is 49.2 Å². The highest BCUT2D eigenvalue weighted by Gasteiger charge is 2.30. The van der Waals surface area contributed by atoms with E-state index >= 15 is 0 Å². The van der Waals surface area contributed by atoms with E-state index in [1.807, 2.05) is 30.3 Å². The van der Waals surface area contributed by atoms with Crippen molar-refractivity contribution in [3.8, 4) is 0 Å². The first-order valence-corrected chi connectivity index (χ1v) is 13.3. The predicted molar refractivity (Wildman–Crippen MR) is 145 cm³/mol. The molecule has 1 aliphatic rings. The summed E-state index contributed by atoms with van der Waals surface area (Å²) in [4.78, 5) is 25.2. The second-order valence-corrected chi connectivity index (χ2v) is 11.1. The maximum absolute atomic E-state index is 13.2. The molecule has 0 spiro atoms. The molecule has 10 heteroatoms. The Balaban J connectivity index is 1.87. The van der Waals surface area contributed by atoms with E-state index in [0.29, 0.717) is 45.0 Å². The number of hydrogen-bond donors (Lipinski definition) is 4. The van der Waals surface area contributed by atoms with Gasteiger partial charge in [-0.1, -0.05) is 42.5 Å². The Hall–Kier alpha value is -4.15. The van der Waals surface area contributed by atoms with Crippen LogP contribution in [-0.4, -0.2) is 33.7 Å². The number of hydrogen-bond acceptors (Lipinski definition) is 7. The molecule has 37 heavy (non-hydrogen) atoms. The molecular formula is C27H28N4O5S. The van der Waals surface area contributed by atoms with Crippen LogP contribution in [0.1, 0.15) is 40.9 Å². The maximum atomic E-state index is 13.2. The summed E-state index contributed by atoms with van der Waals surface area (Å²) in [6.45, 7) is 3.56. The highest BCUT2D eigenvalue weighted by molar-refractivity contribution is 7.92. The van der Waals surface area contributed by atoms with Crippen molar-refractivity contribution in [3.05, 3.63) is 89.0 Å². The lowest BCUT2D eigenvalue weighted by molar-refractivity contribution is -0.110. The number of amides is 1. The minimum absolute atomic E-state index is 0.313. The number of nitrogens with two attached hydrogens (primary N) is 1. The molecule has 4 rings (SSSR count). The van der Waals surface area contributed by atoms with Crippen molar-refractivity contribution in [2.45, 2.75) is 19.4 Å². The largest absolute Gasteiger partial charge is 0.465 e. The van der Waals surface area contributed by atoms with Crippen LogP contribution in [0.25, 0.3) is 11.3 Å². The van der Waals surface area contributed by atoms with Gasteiger partial charge in [-0.15, -0.1) is 0 Å². The minimum Gasteiger partial charge on any atom is -0.465 e. The van der Waals surface area contributed by atoms with Crippen molar-refractivity contribution >= 4 is 50.2 Å². The van der Waals surface area contributed by atoms with E-state index in [-0.39, 0.29) is 5.91 Å². The summed E-state index contributed by atoms with van der Waals surface area (Å²) >= 11 is 0. The summed E-state index contributed by atoms with van der Waals surface area (Å²) in [5.74, 6) is -0.859. The van der Waals surface area contributed by atoms with Crippen LogP contribution in [0.15, 0.2) is 66.7 Å². The van der Waals surface area contributed by atoms with Gasteiger partial charge in [0, 0.05) is 16.8 Å². The molecule has 0 radical (unpaired) electrons. The van der Waals surface area contributed by atoms with Gasteiger partial charge in [-0.25, -0.2) is 13.2 Å². The summed E-state index contributed by atoms with van der Waals surface area (Å²) in [5.41, 5.74) is 9.97. The van der Waals surface area contributed by atoms with Gasteiger partial charge in [-0.2, -0.15) is 0 Å². The number of anilines is 3. The first-order chi connectivity index (χ1) is 17.4. The molecule has 0 atom stereocenters. The molecule has 9 nitrogen and oxygen atoms in total. The number of esters is 1. The fraction of sp³-hybridized carbons (Fsp3) is 0.185. The highest BCUT2D eigenvalue weighted by Crippen LogP contribution is 2.39. The van der Waals surface area contributed by atoms with Crippen molar-refractivity contribution < 1.29 is 22.7 Å². The van der Waals surface area contributed by atoms with E-state index in [9.17, 15) is 18.0 Å². The van der Waals surface area contributed by atoms with E-state index in [0.717, 1.165) is 11.8 Å². The number of carbonyl (C=O) groups is 2. The van der Waals surface area contributed by atoms with Gasteiger partial charge in [0.25, 0.3) is 5.91 Å². The fourth-order valence-electron chi connectivity index (χ4n) is 4.16. The van der Waals surface area contributed by atoms with Crippen LogP contribution in [0.2, 0.25) is 0 Å². The first kappa shape index (κ1) is 25.9. The Labute approximate surface area is 215 Å². The molecule has 192 valence electrons. The van der Waals surface area contributed by atoms with E-state index in [1.54, 1.807) is 50.2 Å². The predicted octanol–water partition coefficient (Wildman–Crippen LogP) is 3.97. The standard InChI is InChI=1S/C27H28N4O5S/c1-27(2,28)20-13-11-18(15-22(20)31-37(4,34)35)29-24(16-8-6-5-7-9-16)23-19-12-10-17(26(33)36-3)14-21(19)30-25(23)32/h5-15,29,31H,28H2,1-4H3,(H,30,32)/b24-23-. The Morgan fingerprint density at radius 1 is 1.00 bits per heavy atom. The topological polar surface area (TPSA) is 140 Å². The van der Waals surface area contributed by atoms with Crippen LogP contribution in [0, 0.1) is 0 Å². The third-order valence-electron chi connectivity index (χ3n) is 5.78. The number of sulfonamides is 1. The fourth-order valence-corrected chi connectivity index (χ4v) is 4.73. The zero-order valence-electron chi connectivity index (χ0n) is 20.9. The molecule has 0 fully saturated rings. The average Bonchev–Trinajstić information content (AvgIpc) is 3.15. The number of fused-ring (bicyclic) bond motifs is 1. The third-order valence-corrected chi connectivity index (χ3v) is 6.37. The van der Waals surface area contributed by atoms with Crippen LogP contribution in [-0.2, 0) is 25.1 Å². The van der Waals surface area contributed by atoms with Crippen molar-refractivity contribution in [1.29, 1.82) is 0 Å². The highest BCUT2D eigenvalue weighted by atomic mass is 32.2. The molecular weight excluding hydrogens is 492 g/mol. The Kier molecular flexibility index (Phi) is 6.81. The summed E-state index contributed by atoms with van der Waals surface area (Å²) in [6.07, 6.45) is 1.07. The Bertz CT molecular complexity index is 1520. The minimum atomic E-state index is -3.58. The summed E-state index contributed by atoms with van der Waals surface area (Å²) in [7, 11) is -2.29. The van der Waals surface area contributed by atoms with Crippen LogP contribution < -0.4 is 21.1 Å². The maximum Gasteiger partial charge on any atom is 0.337 e. The number of rotatable bonds is 7. The lowest BCUT2D eigenvalue weighted by atomic mass is 9.93. The number of nitrogens with one attached hydrogen (secondary N) is 3. The molecule has 1 amide bonds. The number of ether oxygens (including phenoxy) is 1. The molecule has 0 aliphatic carbocycles. The van der Waals surface area contributed by atoms with Crippen LogP contribution in [0.5, 0.6) is 0 Å². The summed E-state index contributed by atoms with van der Waals surface area (Å²) in [5, 5.41) is 6.13. The van der Waals surface area contributed by atoms with Gasteiger partial charge in [0.15, 0.2) is 0 Å². The lowest BCUT2D eigenvalue weighted by Gasteiger charge is -2.24. The van der Waals surface area contributed by atoms with Gasteiger partial charge >= 0.3 is 5.97 Å². The molecule has 3 aromatic carbocycles. The molecule has 0 bridgehead atoms. The van der Waals surface area contributed by atoms with Gasteiger partial charge in [0.05, 0.1) is 41.6 Å². The number of methoxy groups -OCH3 is 1. The lowest BCUT2D eigenvalue weighted by Crippen LogP contribution is -2.30. The first-order valence-electron chi connectivity index (χ1n) is 11.4. The molecule has 0 saturated carbocycles. The van der Waals surface area contributed by atoms with Crippen molar-refractivity contribution in [2.24, 2.45) is 5.73 Å². The third kappa shape index (κ3) is 5.65. The summed E-state index contributed by atoms with van der Waals surface area (Å²) in [6, 6.07) is 19.3. The Morgan fingerprint density at radius 3 is 2.32 bits per heavy atom. The summed E-state index contributed by atoms with van der Waals surface area (Å²) < 4.78 is 31.4. The van der Waals surface area contributed by atoms with Crippen LogP contribution in [0.4, 0.5) is 17.1 Å². The van der Waals surface area contributed by atoms with E-state index < -0.39 is 21.5 Å². The van der Waals surface area contributed by atoms with Crippen LogP contribution in [0.3, 0.4) is 0 Å². The van der Waals surface area contributed by atoms with E-state index in [2.05, 4.69) is 15.4 Å². The molecule has 1 aliphatic heterocycles.